The molecule has 8 heteroatoms. The van der Waals surface area contributed by atoms with Crippen molar-refractivity contribution in [2.24, 2.45) is 17.7 Å². The van der Waals surface area contributed by atoms with Gasteiger partial charge in [0.2, 0.25) is 17.8 Å². The molecule has 0 aliphatic carbocycles. The minimum atomic E-state index is 0.309. The summed E-state index contributed by atoms with van der Waals surface area (Å²) < 4.78 is 1.69. The predicted molar refractivity (Wildman–Crippen MR) is 77.3 cm³/mol. The second-order valence-corrected chi connectivity index (χ2v) is 5.00. The molecule has 0 aliphatic heterocycles. The molecule has 0 fully saturated rings. The van der Waals surface area contributed by atoms with Crippen LogP contribution in [0.4, 0.5) is 11.9 Å². The fourth-order valence-electron chi connectivity index (χ4n) is 1.49. The Labute approximate surface area is 117 Å². The molecule has 0 saturated carbocycles. The predicted octanol–water partition coefficient (Wildman–Crippen LogP) is 1.05. The average Bonchev–Trinajstić information content (AvgIpc) is 2.98. The van der Waals surface area contributed by atoms with E-state index in [1.54, 1.807) is 23.3 Å². The summed E-state index contributed by atoms with van der Waals surface area (Å²) in [5.41, 5.74) is 2.44. The SMILES string of the molecule is CC(C)C(C)CNc1nc(NN)nc(-n2ccnc2)n1. The minimum Gasteiger partial charge on any atom is -0.354 e. The Hall–Kier alpha value is -2.22. The summed E-state index contributed by atoms with van der Waals surface area (Å²) in [6, 6.07) is 0. The largest absolute Gasteiger partial charge is 0.354 e. The van der Waals surface area contributed by atoms with Crippen LogP contribution in [0.5, 0.6) is 0 Å². The van der Waals surface area contributed by atoms with Crippen LogP contribution >= 0.6 is 0 Å². The molecule has 8 nitrogen and oxygen atoms in total. The van der Waals surface area contributed by atoms with Crippen LogP contribution in [0.1, 0.15) is 20.8 Å². The van der Waals surface area contributed by atoms with Crippen molar-refractivity contribution < 1.29 is 0 Å². The van der Waals surface area contributed by atoms with E-state index >= 15 is 0 Å². The van der Waals surface area contributed by atoms with Crippen LogP contribution in [0.2, 0.25) is 0 Å². The summed E-state index contributed by atoms with van der Waals surface area (Å²) in [5, 5.41) is 3.21. The van der Waals surface area contributed by atoms with Crippen LogP contribution in [-0.4, -0.2) is 31.0 Å². The smallest absolute Gasteiger partial charge is 0.243 e. The molecule has 1 atom stereocenters. The molecule has 0 aromatic carbocycles. The lowest BCUT2D eigenvalue weighted by atomic mass is 9.98. The molecule has 2 aromatic heterocycles. The zero-order valence-corrected chi connectivity index (χ0v) is 11.9. The van der Waals surface area contributed by atoms with E-state index in [1.807, 2.05) is 0 Å². The van der Waals surface area contributed by atoms with Gasteiger partial charge in [0.05, 0.1) is 0 Å². The number of aromatic nitrogens is 5. The van der Waals surface area contributed by atoms with Gasteiger partial charge in [0.1, 0.15) is 6.33 Å². The van der Waals surface area contributed by atoms with Crippen LogP contribution in [0, 0.1) is 11.8 Å². The molecule has 2 rings (SSSR count). The number of rotatable bonds is 6. The number of nitrogens with two attached hydrogens (primary N) is 1. The van der Waals surface area contributed by atoms with Crippen molar-refractivity contribution in [3.05, 3.63) is 18.7 Å². The first-order valence-electron chi connectivity index (χ1n) is 6.55. The van der Waals surface area contributed by atoms with Crippen molar-refractivity contribution in [3.8, 4) is 5.95 Å². The zero-order chi connectivity index (χ0) is 14.5. The van der Waals surface area contributed by atoms with Crippen LogP contribution in [-0.2, 0) is 0 Å². The highest BCUT2D eigenvalue weighted by Gasteiger charge is 2.10. The summed E-state index contributed by atoms with van der Waals surface area (Å²) >= 11 is 0. The van der Waals surface area contributed by atoms with Gasteiger partial charge in [0.25, 0.3) is 0 Å². The Morgan fingerprint density at radius 3 is 2.55 bits per heavy atom. The van der Waals surface area contributed by atoms with Crippen molar-refractivity contribution in [1.82, 2.24) is 24.5 Å². The third kappa shape index (κ3) is 3.41. The molecule has 0 amide bonds. The number of nitrogens with zero attached hydrogens (tertiary/aromatic N) is 5. The van der Waals surface area contributed by atoms with E-state index in [9.17, 15) is 0 Å². The second kappa shape index (κ2) is 6.29. The van der Waals surface area contributed by atoms with Gasteiger partial charge in [0, 0.05) is 18.9 Å². The Morgan fingerprint density at radius 1 is 1.20 bits per heavy atom. The van der Waals surface area contributed by atoms with Gasteiger partial charge in [-0.05, 0) is 11.8 Å². The maximum Gasteiger partial charge on any atom is 0.243 e. The lowest BCUT2D eigenvalue weighted by Crippen LogP contribution is -2.20. The van der Waals surface area contributed by atoms with Crippen LogP contribution in [0.25, 0.3) is 5.95 Å². The number of nitrogen functional groups attached to an aromatic ring is 1. The second-order valence-electron chi connectivity index (χ2n) is 5.00. The molecule has 0 saturated heterocycles. The fourth-order valence-corrected chi connectivity index (χ4v) is 1.49. The third-order valence-corrected chi connectivity index (χ3v) is 3.21. The molecule has 1 unspecified atom stereocenters. The van der Waals surface area contributed by atoms with Crippen molar-refractivity contribution in [3.63, 3.8) is 0 Å². The number of hydrogen-bond acceptors (Lipinski definition) is 7. The minimum absolute atomic E-state index is 0.309. The van der Waals surface area contributed by atoms with Crippen LogP contribution < -0.4 is 16.6 Å². The van der Waals surface area contributed by atoms with E-state index < -0.39 is 0 Å². The van der Waals surface area contributed by atoms with Crippen molar-refractivity contribution in [2.75, 3.05) is 17.3 Å². The molecule has 108 valence electrons. The molecule has 0 spiro atoms. The standard InChI is InChI=1S/C12H20N8/c1-8(2)9(3)6-15-10-16-11(19-13)18-12(17-10)20-5-4-14-7-20/h4-5,7-9H,6,13H2,1-3H3,(H2,15,16,17,18,19). The van der Waals surface area contributed by atoms with Gasteiger partial charge in [-0.25, -0.2) is 10.8 Å². The molecule has 20 heavy (non-hydrogen) atoms. The average molecular weight is 276 g/mol. The van der Waals surface area contributed by atoms with Crippen LogP contribution in [0.15, 0.2) is 18.7 Å². The quantitative estimate of drug-likeness (QED) is 0.534. The fraction of sp³-hybridized carbons (Fsp3) is 0.500. The summed E-state index contributed by atoms with van der Waals surface area (Å²) in [5.74, 6) is 7.75. The van der Waals surface area contributed by atoms with Crippen LogP contribution in [0.3, 0.4) is 0 Å². The molecular formula is C12H20N8. The summed E-state index contributed by atoms with van der Waals surface area (Å²) in [6.07, 6.45) is 5.04. The number of anilines is 2. The highest BCUT2D eigenvalue weighted by molar-refractivity contribution is 5.37. The highest BCUT2D eigenvalue weighted by Crippen LogP contribution is 2.12. The molecule has 2 heterocycles. The number of imidazole rings is 1. The van der Waals surface area contributed by atoms with E-state index in [0.29, 0.717) is 29.7 Å². The number of nitrogens with one attached hydrogen (secondary N) is 2. The molecular weight excluding hydrogens is 256 g/mol. The Kier molecular flexibility index (Phi) is 4.46. The summed E-state index contributed by atoms with van der Waals surface area (Å²) in [6.45, 7) is 7.33. The third-order valence-electron chi connectivity index (χ3n) is 3.21. The first-order chi connectivity index (χ1) is 9.60. The maximum absolute atomic E-state index is 5.39. The Morgan fingerprint density at radius 2 is 1.95 bits per heavy atom. The van der Waals surface area contributed by atoms with Crippen molar-refractivity contribution in [1.29, 1.82) is 0 Å². The van der Waals surface area contributed by atoms with E-state index in [0.717, 1.165) is 6.54 Å². The molecule has 0 radical (unpaired) electrons. The summed E-state index contributed by atoms with van der Waals surface area (Å²) in [7, 11) is 0. The monoisotopic (exact) mass is 276 g/mol. The lowest BCUT2D eigenvalue weighted by Gasteiger charge is -2.16. The topological polar surface area (TPSA) is 107 Å². The first kappa shape index (κ1) is 14.2. The van der Waals surface area contributed by atoms with Gasteiger partial charge in [-0.3, -0.25) is 9.99 Å². The van der Waals surface area contributed by atoms with Gasteiger partial charge < -0.3 is 5.32 Å². The van der Waals surface area contributed by atoms with Gasteiger partial charge in [-0.15, -0.1) is 0 Å². The van der Waals surface area contributed by atoms with E-state index in [-0.39, 0.29) is 0 Å². The van der Waals surface area contributed by atoms with E-state index in [1.165, 1.54) is 0 Å². The first-order valence-corrected chi connectivity index (χ1v) is 6.55. The zero-order valence-electron chi connectivity index (χ0n) is 11.9. The lowest BCUT2D eigenvalue weighted by molar-refractivity contribution is 0.439. The Bertz CT molecular complexity index is 536. The summed E-state index contributed by atoms with van der Waals surface area (Å²) in [4.78, 5) is 16.7. The van der Waals surface area contributed by atoms with Gasteiger partial charge in [-0.1, -0.05) is 20.8 Å². The number of hydrazine groups is 1. The Balaban J connectivity index is 2.18. The van der Waals surface area contributed by atoms with Gasteiger partial charge in [0.15, 0.2) is 0 Å². The molecule has 2 aromatic rings. The van der Waals surface area contributed by atoms with Crippen molar-refractivity contribution >= 4 is 11.9 Å². The van der Waals surface area contributed by atoms with Gasteiger partial charge in [-0.2, -0.15) is 15.0 Å². The molecule has 0 bridgehead atoms. The van der Waals surface area contributed by atoms with E-state index in [2.05, 4.69) is 51.4 Å². The maximum atomic E-state index is 5.39. The normalized spacial score (nSPS) is 12.4. The van der Waals surface area contributed by atoms with E-state index in [4.69, 9.17) is 5.84 Å². The number of hydrogen-bond donors (Lipinski definition) is 3. The molecule has 0 aliphatic rings. The van der Waals surface area contributed by atoms with Crippen molar-refractivity contribution in [2.45, 2.75) is 20.8 Å². The molecule has 4 N–H and O–H groups in total. The highest BCUT2D eigenvalue weighted by atomic mass is 15.4. The van der Waals surface area contributed by atoms with Gasteiger partial charge >= 0.3 is 0 Å².